The quantitative estimate of drug-likeness (QED) is 0.894. The summed E-state index contributed by atoms with van der Waals surface area (Å²) in [7, 11) is 0. The third-order valence-electron chi connectivity index (χ3n) is 3.96. The van der Waals surface area contributed by atoms with E-state index in [0.29, 0.717) is 12.3 Å². The molecule has 1 fully saturated rings. The third-order valence-corrected chi connectivity index (χ3v) is 3.96. The van der Waals surface area contributed by atoms with Gasteiger partial charge in [0, 0.05) is 24.4 Å². The Bertz CT molecular complexity index is 460. The summed E-state index contributed by atoms with van der Waals surface area (Å²) >= 11 is 0. The summed E-state index contributed by atoms with van der Waals surface area (Å²) in [6, 6.07) is 5.10. The van der Waals surface area contributed by atoms with Gasteiger partial charge in [-0.1, -0.05) is 38.2 Å². The highest BCUT2D eigenvalue weighted by molar-refractivity contribution is 5.76. The number of amides is 1. The summed E-state index contributed by atoms with van der Waals surface area (Å²) in [5, 5.41) is 11.9. The first kappa shape index (κ1) is 14.5. The molecule has 1 saturated carbocycles. The highest BCUT2D eigenvalue weighted by Gasteiger charge is 2.17. The van der Waals surface area contributed by atoms with E-state index in [4.69, 9.17) is 5.26 Å². The molecular weight excluding hydrogens is 250 g/mol. The number of nitriles is 1. The zero-order valence-electron chi connectivity index (χ0n) is 11.7. The standard InChI is InChI=1S/C16H21N3O/c17-11-15(14-7-4-10-18-12-14)19-16(20)9-8-13-5-2-1-3-6-13/h4,7,10,12-13,15H,1-3,5-6,8-9H2,(H,19,20). The molecule has 4 heteroatoms. The maximum Gasteiger partial charge on any atom is 0.221 e. The van der Waals surface area contributed by atoms with Crippen molar-refractivity contribution in [2.45, 2.75) is 51.0 Å². The summed E-state index contributed by atoms with van der Waals surface area (Å²) in [5.41, 5.74) is 0.737. The van der Waals surface area contributed by atoms with E-state index in [9.17, 15) is 4.79 Å². The number of pyridine rings is 1. The summed E-state index contributed by atoms with van der Waals surface area (Å²) < 4.78 is 0. The van der Waals surface area contributed by atoms with Crippen LogP contribution in [0.3, 0.4) is 0 Å². The second-order valence-corrected chi connectivity index (χ2v) is 5.46. The molecule has 1 amide bonds. The molecule has 2 rings (SSSR count). The van der Waals surface area contributed by atoms with E-state index in [0.717, 1.165) is 12.0 Å². The number of carbonyl (C=O) groups is 1. The lowest BCUT2D eigenvalue weighted by molar-refractivity contribution is -0.121. The predicted molar refractivity (Wildman–Crippen MR) is 76.5 cm³/mol. The fraction of sp³-hybridized carbons (Fsp3) is 0.562. The molecule has 20 heavy (non-hydrogen) atoms. The zero-order valence-corrected chi connectivity index (χ0v) is 11.7. The number of hydrogen-bond acceptors (Lipinski definition) is 3. The van der Waals surface area contributed by atoms with Crippen molar-refractivity contribution < 1.29 is 4.79 Å². The first-order chi connectivity index (χ1) is 9.79. The van der Waals surface area contributed by atoms with Gasteiger partial charge in [-0.25, -0.2) is 0 Å². The van der Waals surface area contributed by atoms with E-state index < -0.39 is 6.04 Å². The van der Waals surface area contributed by atoms with Crippen LogP contribution in [0, 0.1) is 17.2 Å². The van der Waals surface area contributed by atoms with Gasteiger partial charge >= 0.3 is 0 Å². The zero-order chi connectivity index (χ0) is 14.2. The average Bonchev–Trinajstić information content (AvgIpc) is 2.52. The minimum Gasteiger partial charge on any atom is -0.337 e. The van der Waals surface area contributed by atoms with Crippen LogP contribution >= 0.6 is 0 Å². The number of carbonyl (C=O) groups excluding carboxylic acids is 1. The van der Waals surface area contributed by atoms with Crippen molar-refractivity contribution in [3.63, 3.8) is 0 Å². The molecule has 0 radical (unpaired) electrons. The van der Waals surface area contributed by atoms with Crippen LogP contribution in [0.25, 0.3) is 0 Å². The monoisotopic (exact) mass is 271 g/mol. The van der Waals surface area contributed by atoms with Crippen molar-refractivity contribution in [2.24, 2.45) is 5.92 Å². The van der Waals surface area contributed by atoms with Crippen LogP contribution in [0.1, 0.15) is 56.6 Å². The van der Waals surface area contributed by atoms with E-state index in [-0.39, 0.29) is 5.91 Å². The molecule has 4 nitrogen and oxygen atoms in total. The van der Waals surface area contributed by atoms with Crippen molar-refractivity contribution in [3.05, 3.63) is 30.1 Å². The Kier molecular flexibility index (Phi) is 5.55. The molecule has 1 aliphatic rings. The molecule has 0 bridgehead atoms. The fourth-order valence-electron chi connectivity index (χ4n) is 2.78. The van der Waals surface area contributed by atoms with Gasteiger partial charge in [-0.3, -0.25) is 9.78 Å². The molecule has 0 aromatic carbocycles. The minimum absolute atomic E-state index is 0.0361. The Hall–Kier alpha value is -1.89. The van der Waals surface area contributed by atoms with Crippen LogP contribution in [0.4, 0.5) is 0 Å². The largest absolute Gasteiger partial charge is 0.337 e. The summed E-state index contributed by atoms with van der Waals surface area (Å²) in [6.07, 6.45) is 11.2. The molecule has 0 spiro atoms. The number of rotatable bonds is 5. The van der Waals surface area contributed by atoms with Crippen molar-refractivity contribution in [3.8, 4) is 6.07 Å². The lowest BCUT2D eigenvalue weighted by atomic mass is 9.86. The number of nitrogens with one attached hydrogen (secondary N) is 1. The van der Waals surface area contributed by atoms with Gasteiger partial charge in [0.25, 0.3) is 0 Å². The van der Waals surface area contributed by atoms with E-state index >= 15 is 0 Å². The highest BCUT2D eigenvalue weighted by Crippen LogP contribution is 2.27. The topological polar surface area (TPSA) is 65.8 Å². The van der Waals surface area contributed by atoms with Gasteiger partial charge in [-0.15, -0.1) is 0 Å². The van der Waals surface area contributed by atoms with Gasteiger partial charge in [-0.05, 0) is 18.4 Å². The van der Waals surface area contributed by atoms with E-state index in [1.807, 2.05) is 6.07 Å². The van der Waals surface area contributed by atoms with Crippen molar-refractivity contribution in [1.82, 2.24) is 10.3 Å². The molecule has 1 heterocycles. The molecule has 106 valence electrons. The van der Waals surface area contributed by atoms with Crippen LogP contribution in [0.5, 0.6) is 0 Å². The number of hydrogen-bond donors (Lipinski definition) is 1. The van der Waals surface area contributed by atoms with E-state index in [1.54, 1.807) is 18.5 Å². The molecule has 1 aliphatic carbocycles. The van der Waals surface area contributed by atoms with Crippen molar-refractivity contribution >= 4 is 5.91 Å². The number of nitrogens with zero attached hydrogens (tertiary/aromatic N) is 2. The molecule has 1 atom stereocenters. The maximum absolute atomic E-state index is 11.9. The predicted octanol–water partition coefficient (Wildman–Crippen LogP) is 3.12. The van der Waals surface area contributed by atoms with E-state index in [2.05, 4.69) is 16.4 Å². The maximum atomic E-state index is 11.9. The molecule has 0 aliphatic heterocycles. The fourth-order valence-corrected chi connectivity index (χ4v) is 2.78. The molecule has 0 saturated heterocycles. The van der Waals surface area contributed by atoms with E-state index in [1.165, 1.54) is 32.1 Å². The molecule has 1 unspecified atom stereocenters. The van der Waals surface area contributed by atoms with Crippen molar-refractivity contribution in [2.75, 3.05) is 0 Å². The SMILES string of the molecule is N#CC(NC(=O)CCC1CCCCC1)c1cccnc1. The average molecular weight is 271 g/mol. The summed E-state index contributed by atoms with van der Waals surface area (Å²) in [5.74, 6) is 0.652. The minimum atomic E-state index is -0.595. The molecular formula is C16H21N3O. The first-order valence-electron chi connectivity index (χ1n) is 7.38. The number of aromatic nitrogens is 1. The van der Waals surface area contributed by atoms with Gasteiger partial charge in [0.2, 0.25) is 5.91 Å². The van der Waals surface area contributed by atoms with Crippen LogP contribution in [-0.2, 0) is 4.79 Å². The molecule has 1 aromatic rings. The van der Waals surface area contributed by atoms with Gasteiger partial charge in [-0.2, -0.15) is 5.26 Å². The lowest BCUT2D eigenvalue weighted by Crippen LogP contribution is -2.28. The smallest absolute Gasteiger partial charge is 0.221 e. The normalized spacial score (nSPS) is 17.1. The molecule has 1 aromatic heterocycles. The summed E-state index contributed by atoms with van der Waals surface area (Å²) in [4.78, 5) is 15.9. The Labute approximate surface area is 120 Å². The Morgan fingerprint density at radius 3 is 2.90 bits per heavy atom. The second kappa shape index (κ2) is 7.64. The Morgan fingerprint density at radius 2 is 2.25 bits per heavy atom. The second-order valence-electron chi connectivity index (χ2n) is 5.46. The van der Waals surface area contributed by atoms with Gasteiger partial charge in [0.15, 0.2) is 0 Å². The lowest BCUT2D eigenvalue weighted by Gasteiger charge is -2.21. The van der Waals surface area contributed by atoms with Gasteiger partial charge in [0.05, 0.1) is 6.07 Å². The van der Waals surface area contributed by atoms with Crippen LogP contribution < -0.4 is 5.32 Å². The summed E-state index contributed by atoms with van der Waals surface area (Å²) in [6.45, 7) is 0. The van der Waals surface area contributed by atoms with Crippen LogP contribution in [0.2, 0.25) is 0 Å². The van der Waals surface area contributed by atoms with Gasteiger partial charge < -0.3 is 5.32 Å². The third kappa shape index (κ3) is 4.34. The Balaban J connectivity index is 1.79. The Morgan fingerprint density at radius 1 is 1.45 bits per heavy atom. The first-order valence-corrected chi connectivity index (χ1v) is 7.38. The van der Waals surface area contributed by atoms with Crippen LogP contribution in [-0.4, -0.2) is 10.9 Å². The van der Waals surface area contributed by atoms with Gasteiger partial charge in [0.1, 0.15) is 6.04 Å². The van der Waals surface area contributed by atoms with Crippen molar-refractivity contribution in [1.29, 1.82) is 5.26 Å². The molecule has 1 N–H and O–H groups in total. The highest BCUT2D eigenvalue weighted by atomic mass is 16.1. The van der Waals surface area contributed by atoms with Crippen LogP contribution in [0.15, 0.2) is 24.5 Å².